The van der Waals surface area contributed by atoms with Crippen molar-refractivity contribution >= 4 is 21.8 Å². The lowest BCUT2D eigenvalue weighted by Gasteiger charge is -2.34. The van der Waals surface area contributed by atoms with Crippen molar-refractivity contribution in [3.05, 3.63) is 69.5 Å². The van der Waals surface area contributed by atoms with E-state index in [0.717, 1.165) is 5.56 Å². The van der Waals surface area contributed by atoms with Crippen molar-refractivity contribution in [2.75, 3.05) is 13.7 Å². The maximum Gasteiger partial charge on any atom is 0.586 e. The van der Waals surface area contributed by atoms with E-state index in [1.807, 2.05) is 12.1 Å². The van der Waals surface area contributed by atoms with Crippen LogP contribution in [-0.4, -0.2) is 30.9 Å². The molecule has 37 heavy (non-hydrogen) atoms. The fraction of sp³-hybridized carbons (Fsp3) is 0.308. The maximum absolute atomic E-state index is 14.4. The number of fused-ring (bicyclic) bond motifs is 3. The van der Waals surface area contributed by atoms with Crippen LogP contribution >= 0.6 is 15.9 Å². The van der Waals surface area contributed by atoms with Gasteiger partial charge in [0, 0.05) is 40.4 Å². The second-order valence-corrected chi connectivity index (χ2v) is 10.2. The van der Waals surface area contributed by atoms with Gasteiger partial charge in [-0.05, 0) is 47.5 Å². The number of carbonyl (C=O) groups excluding carboxylic acids is 1. The van der Waals surface area contributed by atoms with Gasteiger partial charge in [0.05, 0.1) is 7.11 Å². The fourth-order valence-electron chi connectivity index (χ4n) is 5.10. The van der Waals surface area contributed by atoms with Gasteiger partial charge < -0.3 is 29.4 Å². The summed E-state index contributed by atoms with van der Waals surface area (Å²) in [6.45, 7) is 1.58. The van der Waals surface area contributed by atoms with Crippen LogP contribution < -0.4 is 29.4 Å². The smallest absolute Gasteiger partial charge is 0.497 e. The molecule has 3 aliphatic rings. The molecule has 3 atom stereocenters. The SMILES string of the molecule is COc1ccc2c(c1)O[C@@H](c1ccc(Br)nc1)C[C@H]2c1c2c(cc3c1OCC3(C)C(N)=O)OC(F)(F)O2. The van der Waals surface area contributed by atoms with Crippen LogP contribution in [0.4, 0.5) is 8.78 Å². The third-order valence-corrected chi connectivity index (χ3v) is 7.58. The van der Waals surface area contributed by atoms with E-state index < -0.39 is 29.6 Å². The summed E-state index contributed by atoms with van der Waals surface area (Å²) in [4.78, 5) is 16.7. The molecule has 0 radical (unpaired) electrons. The Hall–Kier alpha value is -3.60. The molecule has 0 saturated heterocycles. The third-order valence-electron chi connectivity index (χ3n) is 7.11. The topological polar surface area (TPSA) is 102 Å². The minimum Gasteiger partial charge on any atom is -0.497 e. The van der Waals surface area contributed by atoms with Gasteiger partial charge in [0.1, 0.15) is 40.0 Å². The van der Waals surface area contributed by atoms with E-state index in [4.69, 9.17) is 29.4 Å². The van der Waals surface area contributed by atoms with Gasteiger partial charge in [-0.25, -0.2) is 4.98 Å². The second kappa shape index (κ2) is 8.20. The molecule has 1 aromatic heterocycles. The first-order valence-corrected chi connectivity index (χ1v) is 12.2. The number of primary amides is 1. The van der Waals surface area contributed by atoms with Crippen LogP contribution in [0, 0.1) is 0 Å². The Morgan fingerprint density at radius 2 is 1.97 bits per heavy atom. The zero-order valence-electron chi connectivity index (χ0n) is 19.7. The minimum atomic E-state index is -3.88. The lowest BCUT2D eigenvalue weighted by atomic mass is 9.78. The van der Waals surface area contributed by atoms with Gasteiger partial charge in [0.15, 0.2) is 11.5 Å². The average Bonchev–Trinajstić information content (AvgIpc) is 3.37. The molecule has 0 bridgehead atoms. The van der Waals surface area contributed by atoms with Crippen LogP contribution in [0.2, 0.25) is 0 Å². The number of halogens is 3. The molecule has 3 aromatic rings. The van der Waals surface area contributed by atoms with Gasteiger partial charge in [0.25, 0.3) is 0 Å². The van der Waals surface area contributed by atoms with Crippen LogP contribution in [0.3, 0.4) is 0 Å². The summed E-state index contributed by atoms with van der Waals surface area (Å²) in [5.74, 6) is -0.129. The van der Waals surface area contributed by atoms with E-state index in [-0.39, 0.29) is 23.9 Å². The molecule has 3 aliphatic heterocycles. The van der Waals surface area contributed by atoms with Crippen LogP contribution in [0.1, 0.15) is 47.6 Å². The zero-order valence-corrected chi connectivity index (χ0v) is 21.3. The highest BCUT2D eigenvalue weighted by atomic mass is 79.9. The van der Waals surface area contributed by atoms with Crippen LogP contribution in [0.15, 0.2) is 47.2 Å². The number of nitrogens with two attached hydrogens (primary N) is 1. The number of nitrogens with zero attached hydrogens (tertiary/aromatic N) is 1. The molecule has 11 heteroatoms. The van der Waals surface area contributed by atoms with E-state index in [2.05, 4.69) is 20.9 Å². The molecule has 0 spiro atoms. The standard InChI is InChI=1S/C26H21BrF2N2O6/c1-25(24(30)32)11-34-22-16(25)9-19-23(37-26(28,29)36-19)21(22)15-8-17(12-3-6-20(27)31-10-12)35-18-7-13(33-2)4-5-14(15)18/h3-7,9-10,15,17H,8,11H2,1-2H3,(H2,30,32)/t15-,17-,25?/m1/s1. The van der Waals surface area contributed by atoms with Crippen molar-refractivity contribution in [3.63, 3.8) is 0 Å². The van der Waals surface area contributed by atoms with Crippen molar-refractivity contribution in [1.29, 1.82) is 0 Å². The van der Waals surface area contributed by atoms with Gasteiger partial charge >= 0.3 is 6.29 Å². The number of pyridine rings is 1. The molecule has 1 unspecified atom stereocenters. The Morgan fingerprint density at radius 3 is 2.68 bits per heavy atom. The lowest BCUT2D eigenvalue weighted by Crippen LogP contribution is -2.39. The van der Waals surface area contributed by atoms with E-state index in [0.29, 0.717) is 39.2 Å². The summed E-state index contributed by atoms with van der Waals surface area (Å²) < 4.78 is 57.0. The van der Waals surface area contributed by atoms with E-state index in [1.165, 1.54) is 6.07 Å². The zero-order chi connectivity index (χ0) is 26.1. The number of methoxy groups -OCH3 is 1. The average molecular weight is 575 g/mol. The van der Waals surface area contributed by atoms with E-state index in [9.17, 15) is 13.6 Å². The van der Waals surface area contributed by atoms with Crippen molar-refractivity contribution in [3.8, 4) is 28.7 Å². The van der Waals surface area contributed by atoms with Crippen molar-refractivity contribution < 1.29 is 37.3 Å². The molecule has 4 heterocycles. The Balaban J connectivity index is 1.57. The Labute approximate surface area is 218 Å². The molecule has 2 aromatic carbocycles. The predicted molar refractivity (Wildman–Crippen MR) is 129 cm³/mol. The molecule has 0 fully saturated rings. The van der Waals surface area contributed by atoms with Gasteiger partial charge in [0.2, 0.25) is 5.91 Å². The largest absolute Gasteiger partial charge is 0.586 e. The summed E-state index contributed by atoms with van der Waals surface area (Å²) in [5, 5.41) is 0. The number of carbonyl (C=O) groups is 1. The molecule has 6 rings (SSSR count). The number of alkyl halides is 2. The number of benzene rings is 2. The monoisotopic (exact) mass is 574 g/mol. The summed E-state index contributed by atoms with van der Waals surface area (Å²) in [6.07, 6.45) is -2.33. The number of rotatable bonds is 4. The van der Waals surface area contributed by atoms with Gasteiger partial charge in [-0.2, -0.15) is 0 Å². The normalized spacial score (nSPS) is 24.5. The molecular weight excluding hydrogens is 554 g/mol. The van der Waals surface area contributed by atoms with Crippen molar-refractivity contribution in [1.82, 2.24) is 4.98 Å². The number of hydrogen-bond acceptors (Lipinski definition) is 7. The number of ether oxygens (including phenoxy) is 5. The minimum absolute atomic E-state index is 0.0390. The quantitative estimate of drug-likeness (QED) is 0.439. The summed E-state index contributed by atoms with van der Waals surface area (Å²) in [5.41, 5.74) is 6.70. The fourth-order valence-corrected chi connectivity index (χ4v) is 5.34. The Bertz CT molecular complexity index is 1430. The molecule has 192 valence electrons. The summed E-state index contributed by atoms with van der Waals surface area (Å²) in [7, 11) is 1.54. The molecular formula is C26H21BrF2N2O6. The first-order valence-electron chi connectivity index (χ1n) is 11.5. The summed E-state index contributed by atoms with van der Waals surface area (Å²) >= 11 is 3.34. The maximum atomic E-state index is 14.4. The lowest BCUT2D eigenvalue weighted by molar-refractivity contribution is -0.287. The van der Waals surface area contributed by atoms with Gasteiger partial charge in [-0.3, -0.25) is 4.79 Å². The molecule has 1 amide bonds. The first kappa shape index (κ1) is 23.8. The van der Waals surface area contributed by atoms with Crippen molar-refractivity contribution in [2.45, 2.75) is 37.1 Å². The van der Waals surface area contributed by atoms with Crippen LogP contribution in [0.25, 0.3) is 0 Å². The molecule has 0 aliphatic carbocycles. The number of amides is 1. The van der Waals surface area contributed by atoms with Gasteiger partial charge in [-0.15, -0.1) is 8.78 Å². The third kappa shape index (κ3) is 3.75. The molecule has 0 saturated carbocycles. The van der Waals surface area contributed by atoms with Crippen molar-refractivity contribution in [2.24, 2.45) is 5.73 Å². The Kier molecular flexibility index (Phi) is 5.27. The highest BCUT2D eigenvalue weighted by Gasteiger charge is 2.52. The second-order valence-electron chi connectivity index (χ2n) is 9.36. The number of aromatic nitrogens is 1. The summed E-state index contributed by atoms with van der Waals surface area (Å²) in [6, 6.07) is 10.4. The molecule has 2 N–H and O–H groups in total. The molecule has 8 nitrogen and oxygen atoms in total. The number of hydrogen-bond donors (Lipinski definition) is 1. The van der Waals surface area contributed by atoms with E-state index in [1.54, 1.807) is 38.4 Å². The first-order chi connectivity index (χ1) is 17.6. The predicted octanol–water partition coefficient (Wildman–Crippen LogP) is 4.97. The van der Waals surface area contributed by atoms with E-state index >= 15 is 0 Å². The van der Waals surface area contributed by atoms with Gasteiger partial charge in [-0.1, -0.05) is 12.1 Å². The highest BCUT2D eigenvalue weighted by molar-refractivity contribution is 9.10. The van der Waals surface area contributed by atoms with Crippen LogP contribution in [-0.2, 0) is 10.2 Å². The van der Waals surface area contributed by atoms with Crippen LogP contribution in [0.5, 0.6) is 28.7 Å². The Morgan fingerprint density at radius 1 is 1.16 bits per heavy atom. The highest BCUT2D eigenvalue weighted by Crippen LogP contribution is 2.59.